The number of rotatable bonds is 6. The maximum Gasteiger partial charge on any atom is 0.251 e. The molecule has 0 aliphatic carbocycles. The summed E-state index contributed by atoms with van der Waals surface area (Å²) in [5.41, 5.74) is 4.19. The van der Waals surface area contributed by atoms with Crippen LogP contribution in [0, 0.1) is 13.8 Å². The van der Waals surface area contributed by atoms with E-state index < -0.39 is 0 Å². The molecule has 0 radical (unpaired) electrons. The molecular weight excluding hydrogens is 356 g/mol. The zero-order chi connectivity index (χ0) is 20.1. The normalized spacial score (nSPS) is 10.5. The van der Waals surface area contributed by atoms with Crippen molar-refractivity contribution in [2.45, 2.75) is 13.8 Å². The quantitative estimate of drug-likeness (QED) is 0.643. The summed E-state index contributed by atoms with van der Waals surface area (Å²) in [6.45, 7) is 4.43. The molecule has 1 heterocycles. The van der Waals surface area contributed by atoms with Gasteiger partial charge in [-0.2, -0.15) is 0 Å². The second-order valence-corrected chi connectivity index (χ2v) is 6.34. The minimum Gasteiger partial charge on any atom is -0.497 e. The Hall–Kier alpha value is -3.48. The van der Waals surface area contributed by atoms with Gasteiger partial charge < -0.3 is 15.4 Å². The Kier molecular flexibility index (Phi) is 5.84. The highest BCUT2D eigenvalue weighted by atomic mass is 16.5. The molecule has 0 unspecified atom stereocenters. The second-order valence-electron chi connectivity index (χ2n) is 6.34. The van der Waals surface area contributed by atoms with Crippen LogP contribution < -0.4 is 15.4 Å². The van der Waals surface area contributed by atoms with Crippen molar-refractivity contribution in [3.05, 3.63) is 65.0 Å². The van der Waals surface area contributed by atoms with E-state index in [9.17, 15) is 9.59 Å². The van der Waals surface area contributed by atoms with E-state index in [0.29, 0.717) is 35.5 Å². The van der Waals surface area contributed by atoms with Crippen molar-refractivity contribution < 1.29 is 14.3 Å². The Morgan fingerprint density at radius 1 is 0.821 bits per heavy atom. The first-order valence-corrected chi connectivity index (χ1v) is 8.93. The van der Waals surface area contributed by atoms with E-state index in [4.69, 9.17) is 4.74 Å². The van der Waals surface area contributed by atoms with Crippen LogP contribution in [0.2, 0.25) is 0 Å². The predicted octanol–water partition coefficient (Wildman–Crippen LogP) is 2.42. The molecular formula is C21H22N4O3. The van der Waals surface area contributed by atoms with Crippen molar-refractivity contribution in [3.8, 4) is 5.75 Å². The van der Waals surface area contributed by atoms with Gasteiger partial charge in [0.15, 0.2) is 0 Å². The summed E-state index contributed by atoms with van der Waals surface area (Å²) in [7, 11) is 1.57. The fourth-order valence-electron chi connectivity index (χ4n) is 2.67. The van der Waals surface area contributed by atoms with Gasteiger partial charge in [-0.15, -0.1) is 0 Å². The van der Waals surface area contributed by atoms with E-state index >= 15 is 0 Å². The van der Waals surface area contributed by atoms with Gasteiger partial charge >= 0.3 is 0 Å². The number of methoxy groups -OCH3 is 1. The fourth-order valence-corrected chi connectivity index (χ4v) is 2.67. The van der Waals surface area contributed by atoms with Crippen molar-refractivity contribution in [1.82, 2.24) is 20.6 Å². The molecule has 28 heavy (non-hydrogen) atoms. The summed E-state index contributed by atoms with van der Waals surface area (Å²) >= 11 is 0. The molecule has 0 saturated carbocycles. The van der Waals surface area contributed by atoms with Crippen molar-refractivity contribution in [2.24, 2.45) is 0 Å². The third-order valence-electron chi connectivity index (χ3n) is 4.39. The highest BCUT2D eigenvalue weighted by molar-refractivity contribution is 5.97. The molecule has 1 aromatic heterocycles. The summed E-state index contributed by atoms with van der Waals surface area (Å²) in [5.74, 6) is 0.263. The first-order chi connectivity index (χ1) is 13.5. The van der Waals surface area contributed by atoms with Crippen molar-refractivity contribution in [2.75, 3.05) is 20.2 Å². The van der Waals surface area contributed by atoms with E-state index in [1.807, 2.05) is 13.8 Å². The van der Waals surface area contributed by atoms with Gasteiger partial charge in [0, 0.05) is 24.2 Å². The number of ether oxygens (including phenoxy) is 1. The molecule has 144 valence electrons. The molecule has 0 aliphatic rings. The molecule has 3 rings (SSSR count). The van der Waals surface area contributed by atoms with Crippen LogP contribution in [-0.2, 0) is 0 Å². The minimum atomic E-state index is -0.222. The standard InChI is InChI=1S/C21H22N4O3/c1-13-14(2)25-19-12-16(6-9-18(19)24-13)21(27)23-11-10-22-20(26)15-4-7-17(28-3)8-5-15/h4-9,12H,10-11H2,1-3H3,(H,22,26)(H,23,27). The third-order valence-corrected chi connectivity index (χ3v) is 4.39. The van der Waals surface area contributed by atoms with Gasteiger partial charge in [-0.25, -0.2) is 9.97 Å². The largest absolute Gasteiger partial charge is 0.497 e. The van der Waals surface area contributed by atoms with E-state index in [1.54, 1.807) is 49.6 Å². The number of aryl methyl sites for hydroxylation is 2. The first kappa shape index (κ1) is 19.3. The highest BCUT2D eigenvalue weighted by Gasteiger charge is 2.09. The molecule has 7 nitrogen and oxygen atoms in total. The first-order valence-electron chi connectivity index (χ1n) is 8.93. The van der Waals surface area contributed by atoms with Gasteiger partial charge in [-0.3, -0.25) is 9.59 Å². The Balaban J connectivity index is 1.53. The number of fused-ring (bicyclic) bond motifs is 1. The number of amides is 2. The SMILES string of the molecule is COc1ccc(C(=O)NCCNC(=O)c2ccc3nc(C)c(C)nc3c2)cc1. The maximum atomic E-state index is 12.3. The summed E-state index contributed by atoms with van der Waals surface area (Å²) in [6.07, 6.45) is 0. The number of hydrogen-bond acceptors (Lipinski definition) is 5. The fraction of sp³-hybridized carbons (Fsp3) is 0.238. The molecule has 2 N–H and O–H groups in total. The number of carbonyl (C=O) groups is 2. The smallest absolute Gasteiger partial charge is 0.251 e. The summed E-state index contributed by atoms with van der Waals surface area (Å²) in [4.78, 5) is 33.4. The lowest BCUT2D eigenvalue weighted by atomic mass is 10.1. The average molecular weight is 378 g/mol. The van der Waals surface area contributed by atoms with Gasteiger partial charge in [0.25, 0.3) is 11.8 Å². The molecule has 0 spiro atoms. The topological polar surface area (TPSA) is 93.2 Å². The number of nitrogens with zero attached hydrogens (tertiary/aromatic N) is 2. The van der Waals surface area contributed by atoms with E-state index in [-0.39, 0.29) is 11.8 Å². The lowest BCUT2D eigenvalue weighted by Crippen LogP contribution is -2.34. The average Bonchev–Trinajstić information content (AvgIpc) is 2.71. The van der Waals surface area contributed by atoms with Crippen LogP contribution in [0.5, 0.6) is 5.75 Å². The van der Waals surface area contributed by atoms with Crippen LogP contribution in [0.3, 0.4) is 0 Å². The number of hydrogen-bond donors (Lipinski definition) is 2. The molecule has 0 fully saturated rings. The van der Waals surface area contributed by atoms with E-state index in [0.717, 1.165) is 16.9 Å². The van der Waals surface area contributed by atoms with Gasteiger partial charge in [-0.05, 0) is 56.3 Å². The van der Waals surface area contributed by atoms with Crippen LogP contribution in [0.1, 0.15) is 32.1 Å². The minimum absolute atomic E-state index is 0.205. The molecule has 2 amide bonds. The zero-order valence-corrected chi connectivity index (χ0v) is 16.1. The molecule has 0 saturated heterocycles. The maximum absolute atomic E-state index is 12.3. The second kappa shape index (κ2) is 8.47. The number of benzene rings is 2. The predicted molar refractivity (Wildman–Crippen MR) is 107 cm³/mol. The lowest BCUT2D eigenvalue weighted by Gasteiger charge is -2.09. The number of nitrogens with one attached hydrogen (secondary N) is 2. The summed E-state index contributed by atoms with van der Waals surface area (Å²) < 4.78 is 5.07. The molecule has 0 atom stereocenters. The number of aromatic nitrogens is 2. The van der Waals surface area contributed by atoms with Gasteiger partial charge in [0.05, 0.1) is 29.5 Å². The van der Waals surface area contributed by atoms with Crippen LogP contribution in [0.15, 0.2) is 42.5 Å². The Bertz CT molecular complexity index is 1020. The van der Waals surface area contributed by atoms with Gasteiger partial charge in [0.2, 0.25) is 0 Å². The van der Waals surface area contributed by atoms with Crippen LogP contribution in [0.25, 0.3) is 11.0 Å². The lowest BCUT2D eigenvalue weighted by molar-refractivity contribution is 0.0927. The highest BCUT2D eigenvalue weighted by Crippen LogP contribution is 2.14. The third kappa shape index (κ3) is 4.43. The van der Waals surface area contributed by atoms with E-state index in [2.05, 4.69) is 20.6 Å². The zero-order valence-electron chi connectivity index (χ0n) is 16.1. The van der Waals surface area contributed by atoms with Crippen molar-refractivity contribution in [1.29, 1.82) is 0 Å². The van der Waals surface area contributed by atoms with Crippen molar-refractivity contribution >= 4 is 22.8 Å². The molecule has 0 bridgehead atoms. The van der Waals surface area contributed by atoms with Crippen molar-refractivity contribution in [3.63, 3.8) is 0 Å². The Morgan fingerprint density at radius 3 is 1.96 bits per heavy atom. The van der Waals surface area contributed by atoms with Gasteiger partial charge in [-0.1, -0.05) is 0 Å². The van der Waals surface area contributed by atoms with E-state index in [1.165, 1.54) is 0 Å². The summed E-state index contributed by atoms with van der Waals surface area (Å²) in [6, 6.07) is 12.1. The van der Waals surface area contributed by atoms with Crippen LogP contribution in [-0.4, -0.2) is 42.0 Å². The monoisotopic (exact) mass is 378 g/mol. The Labute approximate surface area is 163 Å². The van der Waals surface area contributed by atoms with Crippen LogP contribution in [0.4, 0.5) is 0 Å². The molecule has 0 aliphatic heterocycles. The van der Waals surface area contributed by atoms with Crippen LogP contribution >= 0.6 is 0 Å². The van der Waals surface area contributed by atoms with Gasteiger partial charge in [0.1, 0.15) is 5.75 Å². The number of carbonyl (C=O) groups excluding carboxylic acids is 2. The molecule has 3 aromatic rings. The molecule has 7 heteroatoms. The summed E-state index contributed by atoms with van der Waals surface area (Å²) in [5, 5.41) is 5.56. The molecule has 2 aromatic carbocycles. The Morgan fingerprint density at radius 2 is 1.36 bits per heavy atom.